The molecule has 0 fully saturated rings. The van der Waals surface area contributed by atoms with E-state index in [1.54, 1.807) is 48.5 Å². The SMILES string of the molecule is CC(C)Oc1ccc(S(=O)(=O)c2ccc(OCCOCCOc3ccc(S(=O)(=O)c4ccc(OCc5ccccc5)cc4)cc3)cc2)cc1. The maximum absolute atomic E-state index is 13.1. The normalized spacial score (nSPS) is 11.7. The molecule has 0 atom stereocenters. The van der Waals surface area contributed by atoms with Crippen LogP contribution < -0.4 is 18.9 Å². The van der Waals surface area contributed by atoms with Crippen LogP contribution in [0.3, 0.4) is 0 Å². The van der Waals surface area contributed by atoms with Crippen LogP contribution >= 0.6 is 0 Å². The summed E-state index contributed by atoms with van der Waals surface area (Å²) in [5, 5.41) is 0. The third-order valence-corrected chi connectivity index (χ3v) is 10.7. The lowest BCUT2D eigenvalue weighted by molar-refractivity contribution is 0.0764. The molecule has 5 aromatic rings. The predicted molar refractivity (Wildman–Crippen MR) is 185 cm³/mol. The quantitative estimate of drug-likeness (QED) is 0.0929. The molecule has 0 saturated carbocycles. The summed E-state index contributed by atoms with van der Waals surface area (Å²) in [6.45, 7) is 5.30. The van der Waals surface area contributed by atoms with Crippen molar-refractivity contribution in [1.82, 2.24) is 0 Å². The first-order chi connectivity index (χ1) is 23.6. The van der Waals surface area contributed by atoms with Crippen molar-refractivity contribution in [2.24, 2.45) is 0 Å². The zero-order valence-corrected chi connectivity index (χ0v) is 28.9. The summed E-state index contributed by atoms with van der Waals surface area (Å²) in [6, 6.07) is 34.9. The van der Waals surface area contributed by atoms with Crippen LogP contribution in [0.4, 0.5) is 0 Å². The van der Waals surface area contributed by atoms with E-state index in [-0.39, 0.29) is 38.9 Å². The van der Waals surface area contributed by atoms with Gasteiger partial charge < -0.3 is 23.7 Å². The number of sulfone groups is 2. The standard InChI is InChI=1S/C38H38O9S2/c1-29(2)47-34-14-22-38(23-15-34)49(41,42)36-18-10-32(11-19-36)45-27-25-43-24-26-44-31-8-16-35(17-9-31)48(39,40)37-20-12-33(13-21-37)46-28-30-6-4-3-5-7-30/h3-23,29H,24-28H2,1-2H3. The monoisotopic (exact) mass is 702 g/mol. The van der Waals surface area contributed by atoms with Gasteiger partial charge in [-0.2, -0.15) is 0 Å². The molecule has 0 radical (unpaired) electrons. The van der Waals surface area contributed by atoms with E-state index in [2.05, 4.69) is 0 Å². The molecule has 0 heterocycles. The fourth-order valence-corrected chi connectivity index (χ4v) is 7.19. The molecule has 0 N–H and O–H groups in total. The Kier molecular flexibility index (Phi) is 12.0. The second-order valence-electron chi connectivity index (χ2n) is 11.1. The fourth-order valence-electron chi connectivity index (χ4n) is 4.67. The van der Waals surface area contributed by atoms with Crippen LogP contribution in [0.2, 0.25) is 0 Å². The van der Waals surface area contributed by atoms with Gasteiger partial charge in [-0.15, -0.1) is 0 Å². The summed E-state index contributed by atoms with van der Waals surface area (Å²) < 4.78 is 80.5. The molecule has 5 aromatic carbocycles. The first kappa shape index (κ1) is 35.5. The summed E-state index contributed by atoms with van der Waals surface area (Å²) in [5.74, 6) is 2.22. The molecule has 0 aliphatic rings. The van der Waals surface area contributed by atoms with E-state index in [1.807, 2.05) is 44.2 Å². The highest BCUT2D eigenvalue weighted by molar-refractivity contribution is 7.91. The van der Waals surface area contributed by atoms with Crippen molar-refractivity contribution < 1.29 is 40.5 Å². The number of hydrogen-bond acceptors (Lipinski definition) is 9. The Labute approximate surface area is 287 Å². The molecule has 0 aliphatic carbocycles. The molecule has 0 saturated heterocycles. The van der Waals surface area contributed by atoms with Crippen LogP contribution in [0, 0.1) is 0 Å². The van der Waals surface area contributed by atoms with Gasteiger partial charge in [-0.1, -0.05) is 30.3 Å². The number of rotatable bonds is 17. The number of benzene rings is 5. The zero-order valence-electron chi connectivity index (χ0n) is 27.2. The van der Waals surface area contributed by atoms with Crippen LogP contribution in [0.1, 0.15) is 19.4 Å². The van der Waals surface area contributed by atoms with Gasteiger partial charge in [0.05, 0.1) is 38.9 Å². The second kappa shape index (κ2) is 16.5. The predicted octanol–water partition coefficient (Wildman–Crippen LogP) is 7.19. The van der Waals surface area contributed by atoms with Crippen LogP contribution in [0.15, 0.2) is 147 Å². The molecular weight excluding hydrogens is 665 g/mol. The van der Waals surface area contributed by atoms with Gasteiger partial charge in [-0.25, -0.2) is 16.8 Å². The minimum absolute atomic E-state index is 0.00403. The third kappa shape index (κ3) is 9.85. The molecule has 0 unspecified atom stereocenters. The Morgan fingerprint density at radius 1 is 0.449 bits per heavy atom. The molecule has 0 bridgehead atoms. The topological polar surface area (TPSA) is 114 Å². The van der Waals surface area contributed by atoms with E-state index in [0.29, 0.717) is 42.8 Å². The van der Waals surface area contributed by atoms with Crippen molar-refractivity contribution >= 4 is 19.7 Å². The number of ether oxygens (including phenoxy) is 5. The average molecular weight is 703 g/mol. The lowest BCUT2D eigenvalue weighted by Gasteiger charge is -2.11. The smallest absolute Gasteiger partial charge is 0.206 e. The minimum atomic E-state index is -3.71. The van der Waals surface area contributed by atoms with E-state index in [1.165, 1.54) is 48.5 Å². The van der Waals surface area contributed by atoms with E-state index >= 15 is 0 Å². The fraction of sp³-hybridized carbons (Fsp3) is 0.211. The molecule has 5 rings (SSSR count). The van der Waals surface area contributed by atoms with Crippen molar-refractivity contribution in [1.29, 1.82) is 0 Å². The zero-order chi connectivity index (χ0) is 34.7. The second-order valence-corrected chi connectivity index (χ2v) is 15.0. The first-order valence-corrected chi connectivity index (χ1v) is 18.6. The minimum Gasteiger partial charge on any atom is -0.491 e. The van der Waals surface area contributed by atoms with Gasteiger partial charge in [0.15, 0.2) is 0 Å². The summed E-state index contributed by atoms with van der Waals surface area (Å²) in [4.78, 5) is 0.669. The third-order valence-electron chi connectivity index (χ3n) is 7.15. The van der Waals surface area contributed by atoms with Crippen LogP contribution in [-0.4, -0.2) is 49.4 Å². The van der Waals surface area contributed by atoms with Gasteiger partial charge in [-0.3, -0.25) is 0 Å². The molecule has 49 heavy (non-hydrogen) atoms. The van der Waals surface area contributed by atoms with Gasteiger partial charge in [0, 0.05) is 0 Å². The lowest BCUT2D eigenvalue weighted by Crippen LogP contribution is -2.12. The molecule has 0 aliphatic heterocycles. The molecule has 256 valence electrons. The Morgan fingerprint density at radius 3 is 1.20 bits per heavy atom. The van der Waals surface area contributed by atoms with Gasteiger partial charge in [0.25, 0.3) is 0 Å². The van der Waals surface area contributed by atoms with Crippen molar-refractivity contribution in [2.45, 2.75) is 46.1 Å². The average Bonchev–Trinajstić information content (AvgIpc) is 3.11. The van der Waals surface area contributed by atoms with Gasteiger partial charge in [-0.05, 0) is 116 Å². The molecule has 0 aromatic heterocycles. The van der Waals surface area contributed by atoms with E-state index in [9.17, 15) is 16.8 Å². The van der Waals surface area contributed by atoms with E-state index in [0.717, 1.165) is 5.56 Å². The Bertz CT molecular complexity index is 1980. The van der Waals surface area contributed by atoms with Crippen LogP contribution in [0.5, 0.6) is 23.0 Å². The first-order valence-electron chi connectivity index (χ1n) is 15.7. The van der Waals surface area contributed by atoms with Gasteiger partial charge >= 0.3 is 0 Å². The molecule has 0 spiro atoms. The van der Waals surface area contributed by atoms with E-state index < -0.39 is 19.7 Å². The van der Waals surface area contributed by atoms with Crippen molar-refractivity contribution in [3.05, 3.63) is 133 Å². The number of hydrogen-bond donors (Lipinski definition) is 0. The van der Waals surface area contributed by atoms with Crippen LogP contribution in [-0.2, 0) is 31.0 Å². The Balaban J connectivity index is 1.00. The highest BCUT2D eigenvalue weighted by Gasteiger charge is 2.19. The van der Waals surface area contributed by atoms with Gasteiger partial charge in [0.2, 0.25) is 19.7 Å². The lowest BCUT2D eigenvalue weighted by atomic mass is 10.2. The van der Waals surface area contributed by atoms with E-state index in [4.69, 9.17) is 23.7 Å². The molecule has 0 amide bonds. The maximum Gasteiger partial charge on any atom is 0.206 e. The summed E-state index contributed by atoms with van der Waals surface area (Å²) in [6.07, 6.45) is -0.00403. The van der Waals surface area contributed by atoms with Crippen LogP contribution in [0.25, 0.3) is 0 Å². The Morgan fingerprint density at radius 2 is 0.816 bits per heavy atom. The maximum atomic E-state index is 13.1. The molecule has 11 heteroatoms. The van der Waals surface area contributed by atoms with Crippen molar-refractivity contribution in [3.8, 4) is 23.0 Å². The molecular formula is C38H38O9S2. The van der Waals surface area contributed by atoms with Crippen molar-refractivity contribution in [3.63, 3.8) is 0 Å². The summed E-state index contributed by atoms with van der Waals surface area (Å²) in [7, 11) is -7.39. The Hall–Kier alpha value is -4.84. The molecule has 9 nitrogen and oxygen atoms in total. The van der Waals surface area contributed by atoms with Crippen molar-refractivity contribution in [2.75, 3.05) is 26.4 Å². The highest BCUT2D eigenvalue weighted by Crippen LogP contribution is 2.27. The highest BCUT2D eigenvalue weighted by atomic mass is 32.2. The summed E-state index contributed by atoms with van der Waals surface area (Å²) >= 11 is 0. The summed E-state index contributed by atoms with van der Waals surface area (Å²) in [5.41, 5.74) is 1.02. The van der Waals surface area contributed by atoms with Gasteiger partial charge in [0.1, 0.15) is 42.8 Å². The largest absolute Gasteiger partial charge is 0.491 e.